The number of rotatable bonds is 9. The molecule has 0 bridgehead atoms. The molecule has 2 rings (SSSR count). The minimum atomic E-state index is -4.13. The van der Waals surface area contributed by atoms with E-state index in [0.717, 1.165) is 18.6 Å². The fraction of sp³-hybridized carbons (Fsp3) is 0.700. The molecular weight excluding hydrogens is 401 g/mol. The molecule has 1 aliphatic rings. The molecule has 0 atom stereocenters. The number of carbonyl (C=O) groups excluding carboxylic acids is 1. The van der Waals surface area contributed by atoms with Gasteiger partial charge in [-0.15, -0.1) is 0 Å². The number of nitrogens with zero attached hydrogens (tertiary/aromatic N) is 2. The lowest BCUT2D eigenvalue weighted by atomic mass is 10.1. The number of furan rings is 1. The van der Waals surface area contributed by atoms with Gasteiger partial charge in [0.1, 0.15) is 5.76 Å². The van der Waals surface area contributed by atoms with Crippen LogP contribution in [0.25, 0.3) is 0 Å². The van der Waals surface area contributed by atoms with Crippen molar-refractivity contribution >= 4 is 12.1 Å². The average Bonchev–Trinajstić information content (AvgIpc) is 3.21. The molecule has 0 spiro atoms. The Labute approximate surface area is 175 Å². The van der Waals surface area contributed by atoms with E-state index in [-0.39, 0.29) is 18.6 Å². The molecule has 1 saturated heterocycles. The summed E-state index contributed by atoms with van der Waals surface area (Å²) in [5.41, 5.74) is 0. The molecule has 2 heterocycles. The van der Waals surface area contributed by atoms with E-state index in [9.17, 15) is 18.0 Å². The Morgan fingerprint density at radius 3 is 2.73 bits per heavy atom. The first-order chi connectivity index (χ1) is 14.4. The number of hydrogen-bond donors (Lipinski definition) is 2. The quantitative estimate of drug-likeness (QED) is 0.353. The Kier molecular flexibility index (Phi) is 9.82. The molecule has 0 unspecified atom stereocenters. The van der Waals surface area contributed by atoms with Crippen molar-refractivity contribution < 1.29 is 27.1 Å². The van der Waals surface area contributed by atoms with Crippen LogP contribution in [0.1, 0.15) is 44.8 Å². The molecule has 1 fully saturated rings. The van der Waals surface area contributed by atoms with E-state index in [0.29, 0.717) is 51.6 Å². The summed E-state index contributed by atoms with van der Waals surface area (Å²) in [7, 11) is 0. The third-order valence-corrected chi connectivity index (χ3v) is 4.74. The van der Waals surface area contributed by atoms with Gasteiger partial charge < -0.3 is 24.7 Å². The number of aliphatic imine (C=N–C) groups is 1. The maximum atomic E-state index is 12.3. The molecule has 1 amide bonds. The van der Waals surface area contributed by atoms with Gasteiger partial charge in [0.25, 0.3) is 0 Å². The lowest BCUT2D eigenvalue weighted by Gasteiger charge is -2.32. The maximum Gasteiger partial charge on any atom is 0.409 e. The first-order valence-electron chi connectivity index (χ1n) is 10.4. The number of carbonyl (C=O) groups is 1. The minimum Gasteiger partial charge on any atom is -0.469 e. The lowest BCUT2D eigenvalue weighted by molar-refractivity contribution is -0.135. The molecule has 0 aromatic carbocycles. The smallest absolute Gasteiger partial charge is 0.409 e. The summed E-state index contributed by atoms with van der Waals surface area (Å²) in [5.74, 6) is 1.41. The molecule has 0 radical (unpaired) electrons. The van der Waals surface area contributed by atoms with Crippen molar-refractivity contribution in [2.24, 2.45) is 4.99 Å². The van der Waals surface area contributed by atoms with E-state index in [4.69, 9.17) is 9.15 Å². The molecular formula is C20H31F3N4O3. The number of likely N-dealkylation sites (tertiary alicyclic amines) is 1. The number of amides is 1. The lowest BCUT2D eigenvalue weighted by Crippen LogP contribution is -2.50. The van der Waals surface area contributed by atoms with E-state index in [2.05, 4.69) is 15.6 Å². The summed E-state index contributed by atoms with van der Waals surface area (Å²) >= 11 is 0. The predicted octanol–water partition coefficient (Wildman–Crippen LogP) is 3.71. The fourth-order valence-electron chi connectivity index (χ4n) is 3.15. The van der Waals surface area contributed by atoms with Gasteiger partial charge >= 0.3 is 12.3 Å². The van der Waals surface area contributed by atoms with Crippen molar-refractivity contribution in [1.29, 1.82) is 0 Å². The molecule has 30 heavy (non-hydrogen) atoms. The second kappa shape index (κ2) is 12.3. The van der Waals surface area contributed by atoms with Crippen LogP contribution in [-0.2, 0) is 11.2 Å². The van der Waals surface area contributed by atoms with Crippen LogP contribution < -0.4 is 10.6 Å². The van der Waals surface area contributed by atoms with Gasteiger partial charge in [-0.2, -0.15) is 13.2 Å². The van der Waals surface area contributed by atoms with Crippen molar-refractivity contribution in [3.8, 4) is 0 Å². The van der Waals surface area contributed by atoms with Crippen LogP contribution >= 0.6 is 0 Å². The van der Waals surface area contributed by atoms with E-state index in [1.54, 1.807) is 18.1 Å². The summed E-state index contributed by atoms with van der Waals surface area (Å²) in [5, 5.41) is 6.56. The van der Waals surface area contributed by atoms with E-state index < -0.39 is 12.6 Å². The molecule has 7 nitrogen and oxygen atoms in total. The summed E-state index contributed by atoms with van der Waals surface area (Å²) in [4.78, 5) is 17.9. The summed E-state index contributed by atoms with van der Waals surface area (Å²) < 4.78 is 47.2. The number of alkyl halides is 3. The van der Waals surface area contributed by atoms with Crippen LogP contribution in [0, 0.1) is 0 Å². The maximum absolute atomic E-state index is 12.3. The summed E-state index contributed by atoms with van der Waals surface area (Å²) in [6.45, 7) is 4.20. The van der Waals surface area contributed by atoms with Gasteiger partial charge in [0.15, 0.2) is 5.96 Å². The van der Waals surface area contributed by atoms with Crippen LogP contribution in [0.15, 0.2) is 27.8 Å². The van der Waals surface area contributed by atoms with Crippen LogP contribution in [0.2, 0.25) is 0 Å². The number of hydrogen-bond acceptors (Lipinski definition) is 4. The van der Waals surface area contributed by atoms with E-state index in [1.807, 2.05) is 12.1 Å². The van der Waals surface area contributed by atoms with Gasteiger partial charge in [0.2, 0.25) is 0 Å². The van der Waals surface area contributed by atoms with Gasteiger partial charge in [0, 0.05) is 45.1 Å². The van der Waals surface area contributed by atoms with Crippen molar-refractivity contribution in [2.75, 3.05) is 32.8 Å². The average molecular weight is 432 g/mol. The fourth-order valence-corrected chi connectivity index (χ4v) is 3.15. The van der Waals surface area contributed by atoms with Gasteiger partial charge in [-0.1, -0.05) is 0 Å². The Morgan fingerprint density at radius 2 is 2.10 bits per heavy atom. The zero-order chi connectivity index (χ0) is 21.8. The number of piperidine rings is 1. The molecule has 1 aliphatic heterocycles. The molecule has 10 heteroatoms. The number of guanidine groups is 1. The van der Waals surface area contributed by atoms with Crippen molar-refractivity contribution in [1.82, 2.24) is 15.5 Å². The highest BCUT2D eigenvalue weighted by atomic mass is 19.4. The monoisotopic (exact) mass is 432 g/mol. The molecule has 1 aromatic rings. The van der Waals surface area contributed by atoms with Gasteiger partial charge in [-0.05, 0) is 44.7 Å². The summed E-state index contributed by atoms with van der Waals surface area (Å²) in [6, 6.07) is 3.83. The molecule has 0 saturated carbocycles. The number of halogens is 3. The topological polar surface area (TPSA) is 79.1 Å². The van der Waals surface area contributed by atoms with Crippen LogP contribution in [0.4, 0.5) is 18.0 Å². The number of unbranched alkanes of at least 4 members (excludes halogenated alkanes) is 1. The van der Waals surface area contributed by atoms with E-state index in [1.165, 1.54) is 0 Å². The van der Waals surface area contributed by atoms with Crippen molar-refractivity contribution in [3.05, 3.63) is 24.2 Å². The first kappa shape index (κ1) is 23.9. The summed E-state index contributed by atoms with van der Waals surface area (Å²) in [6.07, 6.45) is -1.02. The zero-order valence-corrected chi connectivity index (χ0v) is 17.3. The van der Waals surface area contributed by atoms with Crippen LogP contribution in [-0.4, -0.2) is 62.0 Å². The van der Waals surface area contributed by atoms with Crippen molar-refractivity contribution in [3.63, 3.8) is 0 Å². The molecule has 1 aromatic heterocycles. The Bertz CT molecular complexity index is 642. The van der Waals surface area contributed by atoms with Gasteiger partial charge in [0.05, 0.1) is 12.9 Å². The molecule has 2 N–H and O–H groups in total. The highest BCUT2D eigenvalue weighted by Gasteiger charge is 2.26. The number of nitrogens with one attached hydrogen (secondary N) is 2. The predicted molar refractivity (Wildman–Crippen MR) is 107 cm³/mol. The first-order valence-corrected chi connectivity index (χ1v) is 10.4. The third kappa shape index (κ3) is 9.41. The van der Waals surface area contributed by atoms with Gasteiger partial charge in [-0.3, -0.25) is 4.99 Å². The Balaban J connectivity index is 1.80. The van der Waals surface area contributed by atoms with E-state index >= 15 is 0 Å². The zero-order valence-electron chi connectivity index (χ0n) is 17.3. The molecule has 0 aliphatic carbocycles. The SMILES string of the molecule is CCOC(=O)N1CCC(NC(=NCCCCC(F)(F)F)NCCc2ccco2)CC1. The number of ether oxygens (including phenoxy) is 1. The van der Waals surface area contributed by atoms with Crippen LogP contribution in [0.3, 0.4) is 0 Å². The largest absolute Gasteiger partial charge is 0.469 e. The van der Waals surface area contributed by atoms with Crippen molar-refractivity contribution in [2.45, 2.75) is 57.7 Å². The highest BCUT2D eigenvalue weighted by Crippen LogP contribution is 2.22. The second-order valence-electron chi connectivity index (χ2n) is 7.16. The minimum absolute atomic E-state index is 0.0601. The third-order valence-electron chi connectivity index (χ3n) is 4.74. The Morgan fingerprint density at radius 1 is 1.33 bits per heavy atom. The Hall–Kier alpha value is -2.39. The van der Waals surface area contributed by atoms with Gasteiger partial charge in [-0.25, -0.2) is 4.79 Å². The second-order valence-corrected chi connectivity index (χ2v) is 7.16. The highest BCUT2D eigenvalue weighted by molar-refractivity contribution is 5.80. The normalized spacial score (nSPS) is 15.9. The molecule has 170 valence electrons. The standard InChI is InChI=1S/C20H31F3N4O3/c1-2-29-19(28)27-13-8-16(9-14-27)26-18(24-11-4-3-10-20(21,22)23)25-12-7-17-6-5-15-30-17/h5-6,15-16H,2-4,7-14H2,1H3,(H2,24,25,26). The van der Waals surface area contributed by atoms with Crippen LogP contribution in [0.5, 0.6) is 0 Å².